The third kappa shape index (κ3) is 7.43. The number of sulfone groups is 1. The molecule has 10 heteroatoms. The molecule has 2 aromatic rings. The molecule has 1 amide bonds. The summed E-state index contributed by atoms with van der Waals surface area (Å²) >= 11 is 0. The van der Waals surface area contributed by atoms with Crippen LogP contribution in [-0.4, -0.2) is 62.3 Å². The molecule has 0 bridgehead atoms. The van der Waals surface area contributed by atoms with Crippen LogP contribution < -0.4 is 4.72 Å². The van der Waals surface area contributed by atoms with E-state index in [0.29, 0.717) is 17.0 Å². The number of nitrogens with one attached hydrogen (secondary N) is 1. The van der Waals surface area contributed by atoms with Crippen molar-refractivity contribution in [3.8, 4) is 11.3 Å². The normalized spacial score (nSPS) is 19.0. The van der Waals surface area contributed by atoms with E-state index in [4.69, 9.17) is 0 Å². The first-order valence-corrected chi connectivity index (χ1v) is 18.1. The molecule has 1 aromatic carbocycles. The van der Waals surface area contributed by atoms with Crippen LogP contribution in [0.2, 0.25) is 0 Å². The predicted molar refractivity (Wildman–Crippen MR) is 165 cm³/mol. The molecule has 2 heterocycles. The monoisotopic (exact) mass is 605 g/mol. The van der Waals surface area contributed by atoms with Crippen molar-refractivity contribution in [1.82, 2.24) is 14.2 Å². The Morgan fingerprint density at radius 2 is 1.59 bits per heavy atom. The Balaban J connectivity index is 1.82. The van der Waals surface area contributed by atoms with Crippen molar-refractivity contribution in [2.75, 3.05) is 24.6 Å². The number of nitrogens with zero attached hydrogens (tertiary/aromatic N) is 2. The summed E-state index contributed by atoms with van der Waals surface area (Å²) < 4.78 is 55.9. The average molecular weight is 606 g/mol. The minimum absolute atomic E-state index is 0.0130. The number of benzene rings is 1. The van der Waals surface area contributed by atoms with Gasteiger partial charge in [0.15, 0.2) is 9.84 Å². The molecule has 41 heavy (non-hydrogen) atoms. The first kappa shape index (κ1) is 31.8. The summed E-state index contributed by atoms with van der Waals surface area (Å²) in [7, 11) is -6.88. The summed E-state index contributed by atoms with van der Waals surface area (Å²) in [5.74, 6) is 0.335. The van der Waals surface area contributed by atoms with Gasteiger partial charge in [-0.15, -0.1) is 0 Å². The fourth-order valence-electron chi connectivity index (χ4n) is 6.02. The highest BCUT2D eigenvalue weighted by Crippen LogP contribution is 2.36. The van der Waals surface area contributed by atoms with Gasteiger partial charge in [-0.05, 0) is 81.2 Å². The largest absolute Gasteiger partial charge is 0.344 e. The predicted octanol–water partition coefficient (Wildman–Crippen LogP) is 5.29. The van der Waals surface area contributed by atoms with E-state index < -0.39 is 30.8 Å². The van der Waals surface area contributed by atoms with Crippen molar-refractivity contribution in [2.24, 2.45) is 5.92 Å². The molecular formula is C31H47N3O5S2. The van der Waals surface area contributed by atoms with Crippen LogP contribution in [0.25, 0.3) is 11.3 Å². The summed E-state index contributed by atoms with van der Waals surface area (Å²) in [6, 6.07) is 7.42. The van der Waals surface area contributed by atoms with Gasteiger partial charge in [0.25, 0.3) is 5.91 Å². The lowest BCUT2D eigenvalue weighted by Crippen LogP contribution is -2.43. The number of amides is 1. The maximum absolute atomic E-state index is 13.7. The van der Waals surface area contributed by atoms with Gasteiger partial charge in [0.2, 0.25) is 10.0 Å². The van der Waals surface area contributed by atoms with E-state index in [9.17, 15) is 21.6 Å². The number of carbonyl (C=O) groups is 1. The second-order valence-corrected chi connectivity index (χ2v) is 17.9. The number of aromatic nitrogens is 1. The second kappa shape index (κ2) is 11.5. The Hall–Kier alpha value is -2.17. The van der Waals surface area contributed by atoms with Crippen molar-refractivity contribution in [3.63, 3.8) is 0 Å². The molecular weight excluding hydrogens is 558 g/mol. The van der Waals surface area contributed by atoms with Gasteiger partial charge in [-0.25, -0.2) is 21.6 Å². The highest BCUT2D eigenvalue weighted by Gasteiger charge is 2.32. The van der Waals surface area contributed by atoms with Crippen LogP contribution in [0.3, 0.4) is 0 Å². The number of hydrogen-bond donors (Lipinski definition) is 1. The molecule has 1 aromatic heterocycles. The zero-order chi connectivity index (χ0) is 30.4. The van der Waals surface area contributed by atoms with E-state index >= 15 is 0 Å². The van der Waals surface area contributed by atoms with Crippen LogP contribution >= 0.6 is 0 Å². The maximum atomic E-state index is 13.7. The van der Waals surface area contributed by atoms with E-state index in [1.165, 1.54) is 19.3 Å². The Kier molecular flexibility index (Phi) is 8.90. The molecule has 1 saturated heterocycles. The van der Waals surface area contributed by atoms with Crippen LogP contribution in [0.5, 0.6) is 0 Å². The van der Waals surface area contributed by atoms with Crippen molar-refractivity contribution < 1.29 is 21.6 Å². The Bertz CT molecular complexity index is 1490. The molecule has 0 radical (unpaired) electrons. The third-order valence-electron chi connectivity index (χ3n) is 8.21. The minimum Gasteiger partial charge on any atom is -0.344 e. The van der Waals surface area contributed by atoms with Gasteiger partial charge in [-0.2, -0.15) is 0 Å². The van der Waals surface area contributed by atoms with Crippen molar-refractivity contribution >= 4 is 25.8 Å². The molecule has 1 aliphatic carbocycles. The molecule has 0 unspecified atom stereocenters. The van der Waals surface area contributed by atoms with Crippen LogP contribution in [0.1, 0.15) is 95.3 Å². The molecule has 1 saturated carbocycles. The van der Waals surface area contributed by atoms with E-state index in [1.807, 2.05) is 66.7 Å². The van der Waals surface area contributed by atoms with Gasteiger partial charge in [0.1, 0.15) is 0 Å². The summed E-state index contributed by atoms with van der Waals surface area (Å²) in [6.07, 6.45) is 5.95. The second-order valence-electron chi connectivity index (χ2n) is 13.9. The van der Waals surface area contributed by atoms with E-state index in [0.717, 1.165) is 36.3 Å². The van der Waals surface area contributed by atoms with E-state index in [2.05, 4.69) is 9.29 Å². The fraction of sp³-hybridized carbons (Fsp3) is 0.645. The number of hydrogen-bond acceptors (Lipinski definition) is 5. The van der Waals surface area contributed by atoms with E-state index in [1.54, 1.807) is 11.0 Å². The highest BCUT2D eigenvalue weighted by molar-refractivity contribution is 7.91. The van der Waals surface area contributed by atoms with Crippen LogP contribution in [0.15, 0.2) is 29.2 Å². The standard InChI is InChI=1S/C31H47N3O5S2/c1-22-25(29(35)33-15-17-40(36,37)18-16-33)20-27(34(22)21-23-11-9-8-10-12-23)24-13-14-28(26(19-24)30(2,3)4)41(38,39)32-31(5,6)7/h13-14,19-20,23,32H,8-12,15-18,21H2,1-7H3. The lowest BCUT2D eigenvalue weighted by molar-refractivity contribution is 0.0769. The first-order valence-electron chi connectivity index (χ1n) is 14.8. The molecule has 1 N–H and O–H groups in total. The van der Waals surface area contributed by atoms with Crippen molar-refractivity contribution in [3.05, 3.63) is 41.1 Å². The number of rotatable bonds is 6. The summed E-state index contributed by atoms with van der Waals surface area (Å²) in [6.45, 7) is 14.7. The van der Waals surface area contributed by atoms with E-state index in [-0.39, 0.29) is 35.4 Å². The molecule has 1 aliphatic heterocycles. The van der Waals surface area contributed by atoms with Crippen LogP contribution in [-0.2, 0) is 31.8 Å². The quantitative estimate of drug-likeness (QED) is 0.482. The molecule has 2 aliphatic rings. The third-order valence-corrected chi connectivity index (χ3v) is 11.6. The van der Waals surface area contributed by atoms with Crippen molar-refractivity contribution in [1.29, 1.82) is 0 Å². The van der Waals surface area contributed by atoms with Crippen LogP contribution in [0.4, 0.5) is 0 Å². The zero-order valence-electron chi connectivity index (χ0n) is 25.7. The molecule has 0 atom stereocenters. The Morgan fingerprint density at radius 1 is 0.976 bits per heavy atom. The summed E-state index contributed by atoms with van der Waals surface area (Å²) in [4.78, 5) is 15.6. The Labute approximate surface area is 246 Å². The SMILES string of the molecule is Cc1c(C(=O)N2CCS(=O)(=O)CC2)cc(-c2ccc(S(=O)(=O)NC(C)(C)C)c(C(C)(C)C)c2)n1CC1CCCCC1. The first-order chi connectivity index (χ1) is 18.9. The number of carbonyl (C=O) groups excluding carboxylic acids is 1. The summed E-state index contributed by atoms with van der Waals surface area (Å²) in [5, 5.41) is 0. The molecule has 0 spiro atoms. The van der Waals surface area contributed by atoms with Crippen LogP contribution in [0, 0.1) is 12.8 Å². The van der Waals surface area contributed by atoms with Gasteiger partial charge >= 0.3 is 0 Å². The highest BCUT2D eigenvalue weighted by atomic mass is 32.2. The summed E-state index contributed by atoms with van der Waals surface area (Å²) in [5.41, 5.74) is 2.84. The molecule has 8 nitrogen and oxygen atoms in total. The zero-order valence-corrected chi connectivity index (χ0v) is 27.3. The van der Waals surface area contributed by atoms with Gasteiger partial charge in [0.05, 0.1) is 22.0 Å². The smallest absolute Gasteiger partial charge is 0.255 e. The maximum Gasteiger partial charge on any atom is 0.255 e. The lowest BCUT2D eigenvalue weighted by atomic mass is 9.85. The fourth-order valence-corrected chi connectivity index (χ4v) is 9.04. The van der Waals surface area contributed by atoms with Crippen molar-refractivity contribution in [2.45, 2.75) is 103 Å². The minimum atomic E-state index is -3.77. The van der Waals surface area contributed by atoms with Gasteiger partial charge in [-0.1, -0.05) is 46.1 Å². The van der Waals surface area contributed by atoms with Gasteiger partial charge in [0, 0.05) is 36.6 Å². The topological polar surface area (TPSA) is 106 Å². The average Bonchev–Trinajstić information content (AvgIpc) is 3.17. The molecule has 4 rings (SSSR count). The lowest BCUT2D eigenvalue weighted by Gasteiger charge is -2.27. The Morgan fingerprint density at radius 3 is 2.15 bits per heavy atom. The van der Waals surface area contributed by atoms with Gasteiger partial charge in [-0.3, -0.25) is 4.79 Å². The van der Waals surface area contributed by atoms with Gasteiger partial charge < -0.3 is 9.47 Å². The molecule has 2 fully saturated rings. The number of sulfonamides is 1. The molecule has 228 valence electrons.